The smallest absolute Gasteiger partial charge is 0.269 e. The van der Waals surface area contributed by atoms with E-state index in [1.165, 1.54) is 4.68 Å². The molecule has 0 radical (unpaired) electrons. The fourth-order valence-electron chi connectivity index (χ4n) is 2.51. The average Bonchev–Trinajstić information content (AvgIpc) is 2.96. The van der Waals surface area contributed by atoms with Crippen molar-refractivity contribution in [3.63, 3.8) is 0 Å². The van der Waals surface area contributed by atoms with E-state index < -0.39 is 0 Å². The van der Waals surface area contributed by atoms with E-state index in [4.69, 9.17) is 0 Å². The number of hydrogen-bond acceptors (Lipinski definition) is 4. The third-order valence-corrected chi connectivity index (χ3v) is 4.00. The zero-order valence-electron chi connectivity index (χ0n) is 12.5. The number of fused-ring (bicyclic) bond motifs is 1. The van der Waals surface area contributed by atoms with E-state index in [0.29, 0.717) is 12.6 Å². The maximum atomic E-state index is 12.1. The largest absolute Gasteiger partial charge is 0.383 e. The predicted octanol–water partition coefficient (Wildman–Crippen LogP) is 1.82. The molecule has 0 saturated carbocycles. The van der Waals surface area contributed by atoms with Gasteiger partial charge in [-0.15, -0.1) is 0 Å². The summed E-state index contributed by atoms with van der Waals surface area (Å²) in [6, 6.07) is 3.97. The molecular weight excluding hydrogens is 266 g/mol. The van der Waals surface area contributed by atoms with Gasteiger partial charge < -0.3 is 5.32 Å². The zero-order valence-corrected chi connectivity index (χ0v) is 12.5. The molecule has 2 aromatic rings. The molecule has 0 fully saturated rings. The van der Waals surface area contributed by atoms with Gasteiger partial charge in [-0.05, 0) is 32.3 Å². The van der Waals surface area contributed by atoms with E-state index in [1.807, 2.05) is 16.9 Å². The summed E-state index contributed by atoms with van der Waals surface area (Å²) in [4.78, 5) is 12.1. The van der Waals surface area contributed by atoms with Crippen molar-refractivity contribution in [1.82, 2.24) is 19.6 Å². The lowest BCUT2D eigenvalue weighted by atomic mass is 10.1. The van der Waals surface area contributed by atoms with Crippen LogP contribution in [0.5, 0.6) is 0 Å². The maximum Gasteiger partial charge on any atom is 0.269 e. The fraction of sp³-hybridized carbons (Fsp3) is 0.533. The lowest BCUT2D eigenvalue weighted by Gasteiger charge is -2.17. The summed E-state index contributed by atoms with van der Waals surface area (Å²) in [6.07, 6.45) is 4.98. The molecule has 0 aromatic carbocycles. The van der Waals surface area contributed by atoms with Gasteiger partial charge in [0.1, 0.15) is 0 Å². The lowest BCUT2D eigenvalue weighted by molar-refractivity contribution is 0.469. The number of aromatic nitrogens is 4. The molecule has 1 aliphatic rings. The summed E-state index contributed by atoms with van der Waals surface area (Å²) >= 11 is 0. The van der Waals surface area contributed by atoms with Crippen molar-refractivity contribution in [3.05, 3.63) is 40.1 Å². The molecule has 0 bridgehead atoms. The van der Waals surface area contributed by atoms with Crippen LogP contribution in [0.25, 0.3) is 0 Å². The van der Waals surface area contributed by atoms with Crippen LogP contribution in [-0.2, 0) is 13.0 Å². The number of nitrogens with zero attached hydrogens (tertiary/aromatic N) is 4. The van der Waals surface area contributed by atoms with Gasteiger partial charge in [-0.1, -0.05) is 6.92 Å². The monoisotopic (exact) mass is 287 g/mol. The van der Waals surface area contributed by atoms with E-state index in [-0.39, 0.29) is 5.56 Å². The van der Waals surface area contributed by atoms with Crippen LogP contribution in [0.4, 0.5) is 5.69 Å². The molecule has 6 nitrogen and oxygen atoms in total. The summed E-state index contributed by atoms with van der Waals surface area (Å²) < 4.78 is 3.45. The molecular formula is C15H21N5O. The van der Waals surface area contributed by atoms with Crippen molar-refractivity contribution in [3.8, 4) is 0 Å². The maximum absolute atomic E-state index is 12.1. The van der Waals surface area contributed by atoms with E-state index in [2.05, 4.69) is 29.4 Å². The predicted molar refractivity (Wildman–Crippen MR) is 81.6 cm³/mol. The summed E-state index contributed by atoms with van der Waals surface area (Å²) in [5.74, 6) is 0. The molecule has 21 heavy (non-hydrogen) atoms. The van der Waals surface area contributed by atoms with Crippen molar-refractivity contribution in [2.45, 2.75) is 45.7 Å². The number of aryl methyl sites for hydroxylation is 1. The summed E-state index contributed by atoms with van der Waals surface area (Å²) in [5.41, 5.74) is 2.64. The Morgan fingerprint density at radius 3 is 3.10 bits per heavy atom. The van der Waals surface area contributed by atoms with Crippen LogP contribution >= 0.6 is 0 Å². The Kier molecular flexibility index (Phi) is 3.77. The van der Waals surface area contributed by atoms with Crippen LogP contribution in [0.1, 0.15) is 44.1 Å². The molecule has 1 aliphatic heterocycles. The van der Waals surface area contributed by atoms with Gasteiger partial charge in [0.15, 0.2) is 0 Å². The van der Waals surface area contributed by atoms with Gasteiger partial charge in [-0.2, -0.15) is 10.2 Å². The topological polar surface area (TPSA) is 64.7 Å². The van der Waals surface area contributed by atoms with Crippen LogP contribution in [-0.4, -0.2) is 26.1 Å². The quantitative estimate of drug-likeness (QED) is 0.931. The Balaban J connectivity index is 1.84. The minimum Gasteiger partial charge on any atom is -0.383 e. The standard InChI is InChI=1S/C15H21N5O/c1-3-11(2)19-8-6-12(17-19)10-20-15(21)9-14-13(18-20)5-4-7-16-14/h6,8-9,11,16H,3-5,7,10H2,1-2H3. The first-order valence-corrected chi connectivity index (χ1v) is 7.56. The second kappa shape index (κ2) is 5.71. The molecule has 1 N–H and O–H groups in total. The molecule has 3 rings (SSSR count). The first-order chi connectivity index (χ1) is 10.2. The molecule has 0 saturated heterocycles. The Morgan fingerprint density at radius 1 is 1.43 bits per heavy atom. The average molecular weight is 287 g/mol. The highest BCUT2D eigenvalue weighted by Gasteiger charge is 2.13. The lowest BCUT2D eigenvalue weighted by Crippen LogP contribution is -2.27. The Hall–Kier alpha value is -2.11. The molecule has 6 heteroatoms. The number of hydrogen-bond donors (Lipinski definition) is 1. The van der Waals surface area contributed by atoms with Crippen molar-refractivity contribution >= 4 is 5.69 Å². The SMILES string of the molecule is CCC(C)n1ccc(Cn2nc3c(cc2=O)NCCC3)n1. The van der Waals surface area contributed by atoms with Gasteiger partial charge in [0.25, 0.3) is 5.56 Å². The highest BCUT2D eigenvalue weighted by molar-refractivity contribution is 5.48. The summed E-state index contributed by atoms with van der Waals surface area (Å²) in [7, 11) is 0. The van der Waals surface area contributed by atoms with Crippen LogP contribution < -0.4 is 10.9 Å². The van der Waals surface area contributed by atoms with Gasteiger partial charge in [0.2, 0.25) is 0 Å². The molecule has 0 aliphatic carbocycles. The van der Waals surface area contributed by atoms with Crippen molar-refractivity contribution in [2.24, 2.45) is 0 Å². The van der Waals surface area contributed by atoms with Crippen molar-refractivity contribution in [1.29, 1.82) is 0 Å². The molecule has 1 unspecified atom stereocenters. The minimum absolute atomic E-state index is 0.0822. The van der Waals surface area contributed by atoms with Gasteiger partial charge >= 0.3 is 0 Å². The first kappa shape index (κ1) is 13.9. The van der Waals surface area contributed by atoms with Gasteiger partial charge in [-0.3, -0.25) is 9.48 Å². The highest BCUT2D eigenvalue weighted by atomic mass is 16.1. The van der Waals surface area contributed by atoms with E-state index in [1.54, 1.807) is 6.07 Å². The zero-order chi connectivity index (χ0) is 14.8. The van der Waals surface area contributed by atoms with Gasteiger partial charge in [-0.25, -0.2) is 4.68 Å². The van der Waals surface area contributed by atoms with E-state index >= 15 is 0 Å². The Morgan fingerprint density at radius 2 is 2.29 bits per heavy atom. The molecule has 1 atom stereocenters. The summed E-state index contributed by atoms with van der Waals surface area (Å²) in [5, 5.41) is 12.2. The third kappa shape index (κ3) is 2.84. The second-order valence-electron chi connectivity index (χ2n) is 5.58. The van der Waals surface area contributed by atoms with Gasteiger partial charge in [0, 0.05) is 24.8 Å². The number of anilines is 1. The van der Waals surface area contributed by atoms with Crippen LogP contribution in [0, 0.1) is 0 Å². The second-order valence-corrected chi connectivity index (χ2v) is 5.58. The molecule has 0 spiro atoms. The Bertz CT molecular complexity index is 688. The van der Waals surface area contributed by atoms with Crippen molar-refractivity contribution < 1.29 is 0 Å². The third-order valence-electron chi connectivity index (χ3n) is 4.00. The molecule has 0 amide bonds. The van der Waals surface area contributed by atoms with E-state index in [9.17, 15) is 4.79 Å². The van der Waals surface area contributed by atoms with Crippen LogP contribution in [0.15, 0.2) is 23.1 Å². The minimum atomic E-state index is -0.0822. The van der Waals surface area contributed by atoms with Crippen LogP contribution in [0.3, 0.4) is 0 Å². The normalized spacial score (nSPS) is 15.3. The first-order valence-electron chi connectivity index (χ1n) is 7.56. The Labute approximate surface area is 123 Å². The number of nitrogens with one attached hydrogen (secondary N) is 1. The van der Waals surface area contributed by atoms with Gasteiger partial charge in [0.05, 0.1) is 23.6 Å². The molecule has 112 valence electrons. The highest BCUT2D eigenvalue weighted by Crippen LogP contribution is 2.17. The van der Waals surface area contributed by atoms with Crippen molar-refractivity contribution in [2.75, 3.05) is 11.9 Å². The van der Waals surface area contributed by atoms with E-state index in [0.717, 1.165) is 42.9 Å². The molecule has 2 aromatic heterocycles. The van der Waals surface area contributed by atoms with Crippen LogP contribution in [0.2, 0.25) is 0 Å². The summed E-state index contributed by atoms with van der Waals surface area (Å²) in [6.45, 7) is 5.60. The fourth-order valence-corrected chi connectivity index (χ4v) is 2.51. The molecule has 3 heterocycles. The number of rotatable bonds is 4.